The molecule has 0 saturated carbocycles. The number of nitrogens with one attached hydrogen (secondary N) is 1. The predicted molar refractivity (Wildman–Crippen MR) is 70.7 cm³/mol. The van der Waals surface area contributed by atoms with Crippen LogP contribution in [0.2, 0.25) is 0 Å². The summed E-state index contributed by atoms with van der Waals surface area (Å²) < 4.78 is 28.2. The summed E-state index contributed by atoms with van der Waals surface area (Å²) in [6.45, 7) is 1.35. The first-order valence-corrected chi connectivity index (χ1v) is 8.17. The van der Waals surface area contributed by atoms with Gasteiger partial charge in [0.1, 0.15) is 0 Å². The van der Waals surface area contributed by atoms with Gasteiger partial charge in [-0.2, -0.15) is 4.98 Å². The zero-order valence-electron chi connectivity index (χ0n) is 11.3. The molecule has 0 aromatic carbocycles. The van der Waals surface area contributed by atoms with Gasteiger partial charge in [0.05, 0.1) is 11.5 Å². The minimum Gasteiger partial charge on any atom is -0.339 e. The SMILES string of the molecule is CN(C)CCc1noc(CC2CS(=O)(=O)CCN2)n1. The van der Waals surface area contributed by atoms with Crippen molar-refractivity contribution in [3.8, 4) is 0 Å². The first kappa shape index (κ1) is 14.4. The molecule has 0 aliphatic carbocycles. The zero-order chi connectivity index (χ0) is 13.9. The molecule has 1 saturated heterocycles. The van der Waals surface area contributed by atoms with Crippen molar-refractivity contribution in [1.82, 2.24) is 20.4 Å². The molecule has 1 aromatic heterocycles. The second-order valence-electron chi connectivity index (χ2n) is 5.13. The van der Waals surface area contributed by atoms with Gasteiger partial charge in [-0.1, -0.05) is 5.16 Å². The molecule has 19 heavy (non-hydrogen) atoms. The molecule has 108 valence electrons. The highest BCUT2D eigenvalue weighted by Crippen LogP contribution is 2.08. The quantitative estimate of drug-likeness (QED) is 0.751. The summed E-state index contributed by atoms with van der Waals surface area (Å²) in [7, 11) is 1.04. The molecule has 2 rings (SSSR count). The molecule has 1 fully saturated rings. The van der Waals surface area contributed by atoms with Crippen LogP contribution in [0.15, 0.2) is 4.52 Å². The van der Waals surface area contributed by atoms with Crippen LogP contribution in [-0.4, -0.2) is 68.2 Å². The maximum atomic E-state index is 11.5. The third kappa shape index (κ3) is 4.55. The number of hydrogen-bond donors (Lipinski definition) is 1. The fourth-order valence-corrected chi connectivity index (χ4v) is 3.45. The van der Waals surface area contributed by atoms with Gasteiger partial charge in [-0.3, -0.25) is 0 Å². The molecule has 1 N–H and O–H groups in total. The molecule has 8 heteroatoms. The molecule has 0 radical (unpaired) electrons. The second-order valence-corrected chi connectivity index (χ2v) is 7.36. The molecule has 1 unspecified atom stereocenters. The number of aromatic nitrogens is 2. The van der Waals surface area contributed by atoms with E-state index < -0.39 is 9.84 Å². The zero-order valence-corrected chi connectivity index (χ0v) is 12.1. The van der Waals surface area contributed by atoms with Gasteiger partial charge in [-0.05, 0) is 14.1 Å². The van der Waals surface area contributed by atoms with Crippen molar-refractivity contribution in [2.24, 2.45) is 0 Å². The van der Waals surface area contributed by atoms with Crippen LogP contribution in [0.1, 0.15) is 11.7 Å². The van der Waals surface area contributed by atoms with Gasteiger partial charge in [-0.15, -0.1) is 0 Å². The van der Waals surface area contributed by atoms with Gasteiger partial charge >= 0.3 is 0 Å². The van der Waals surface area contributed by atoms with E-state index in [1.165, 1.54) is 0 Å². The summed E-state index contributed by atoms with van der Waals surface area (Å²) in [5.74, 6) is 1.52. The van der Waals surface area contributed by atoms with E-state index in [4.69, 9.17) is 4.52 Å². The molecule has 1 atom stereocenters. The lowest BCUT2D eigenvalue weighted by atomic mass is 10.2. The van der Waals surface area contributed by atoms with E-state index in [0.29, 0.717) is 24.7 Å². The predicted octanol–water partition coefficient (Wildman–Crippen LogP) is -0.897. The lowest BCUT2D eigenvalue weighted by Gasteiger charge is -2.21. The molecule has 0 bridgehead atoms. The van der Waals surface area contributed by atoms with E-state index >= 15 is 0 Å². The fourth-order valence-electron chi connectivity index (χ4n) is 2.01. The summed E-state index contributed by atoms with van der Waals surface area (Å²) in [5, 5.41) is 7.07. The second kappa shape index (κ2) is 5.98. The van der Waals surface area contributed by atoms with Gasteiger partial charge in [0.15, 0.2) is 15.7 Å². The Morgan fingerprint density at radius 2 is 2.26 bits per heavy atom. The van der Waals surface area contributed by atoms with Crippen molar-refractivity contribution in [3.63, 3.8) is 0 Å². The Labute approximate surface area is 113 Å². The van der Waals surface area contributed by atoms with Crippen molar-refractivity contribution in [2.75, 3.05) is 38.7 Å². The summed E-state index contributed by atoms with van der Waals surface area (Å²) in [6.07, 6.45) is 1.20. The molecule has 1 aliphatic heterocycles. The Hall–Kier alpha value is -0.990. The lowest BCUT2D eigenvalue weighted by molar-refractivity contribution is 0.353. The van der Waals surface area contributed by atoms with Crippen LogP contribution in [0.5, 0.6) is 0 Å². The molecule has 1 aromatic rings. The highest BCUT2D eigenvalue weighted by molar-refractivity contribution is 7.91. The number of hydrogen-bond acceptors (Lipinski definition) is 7. The van der Waals surface area contributed by atoms with E-state index in [-0.39, 0.29) is 17.5 Å². The average Bonchev–Trinajstić information content (AvgIpc) is 2.73. The molecular weight excluding hydrogens is 268 g/mol. The first-order valence-electron chi connectivity index (χ1n) is 6.34. The van der Waals surface area contributed by atoms with Gasteiger partial charge in [0, 0.05) is 32.0 Å². The van der Waals surface area contributed by atoms with E-state index in [0.717, 1.165) is 13.0 Å². The van der Waals surface area contributed by atoms with E-state index in [9.17, 15) is 8.42 Å². The normalized spacial score (nSPS) is 22.8. The van der Waals surface area contributed by atoms with Crippen LogP contribution < -0.4 is 5.32 Å². The Morgan fingerprint density at radius 3 is 2.95 bits per heavy atom. The minimum absolute atomic E-state index is 0.124. The van der Waals surface area contributed by atoms with E-state index in [1.807, 2.05) is 19.0 Å². The Morgan fingerprint density at radius 1 is 1.47 bits per heavy atom. The van der Waals surface area contributed by atoms with Crippen molar-refractivity contribution >= 4 is 9.84 Å². The molecule has 0 spiro atoms. The van der Waals surface area contributed by atoms with Crippen LogP contribution in [0.3, 0.4) is 0 Å². The summed E-state index contributed by atoms with van der Waals surface area (Å²) in [4.78, 5) is 6.33. The molecule has 7 nitrogen and oxygen atoms in total. The van der Waals surface area contributed by atoms with E-state index in [2.05, 4.69) is 15.5 Å². The van der Waals surface area contributed by atoms with Crippen LogP contribution >= 0.6 is 0 Å². The first-order chi connectivity index (χ1) is 8.94. The number of sulfone groups is 1. The Balaban J connectivity index is 1.89. The maximum absolute atomic E-state index is 11.5. The van der Waals surface area contributed by atoms with Crippen LogP contribution in [0.25, 0.3) is 0 Å². The lowest BCUT2D eigenvalue weighted by Crippen LogP contribution is -2.46. The minimum atomic E-state index is -2.93. The Bertz CT molecular complexity index is 512. The summed E-state index contributed by atoms with van der Waals surface area (Å²) >= 11 is 0. The maximum Gasteiger partial charge on any atom is 0.228 e. The van der Waals surface area contributed by atoms with Gasteiger partial charge in [-0.25, -0.2) is 8.42 Å². The van der Waals surface area contributed by atoms with Gasteiger partial charge in [0.25, 0.3) is 0 Å². The van der Waals surface area contributed by atoms with Crippen molar-refractivity contribution in [2.45, 2.75) is 18.9 Å². The monoisotopic (exact) mass is 288 g/mol. The third-order valence-electron chi connectivity index (χ3n) is 3.01. The number of nitrogens with zero attached hydrogens (tertiary/aromatic N) is 3. The van der Waals surface area contributed by atoms with Gasteiger partial charge in [0.2, 0.25) is 5.89 Å². The molecule has 0 amide bonds. The largest absolute Gasteiger partial charge is 0.339 e. The van der Waals surface area contributed by atoms with Crippen LogP contribution in [0.4, 0.5) is 0 Å². The summed E-state index contributed by atoms with van der Waals surface area (Å²) in [6, 6.07) is -0.124. The number of likely N-dealkylation sites (N-methyl/N-ethyl adjacent to an activating group) is 1. The van der Waals surface area contributed by atoms with Gasteiger partial charge < -0.3 is 14.7 Å². The standard InChI is InChI=1S/C11H20N4O3S/c1-15(2)5-3-10-13-11(18-14-10)7-9-8-19(16,17)6-4-12-9/h9,12H,3-8H2,1-2H3. The van der Waals surface area contributed by atoms with E-state index in [1.54, 1.807) is 0 Å². The van der Waals surface area contributed by atoms with Crippen LogP contribution in [0, 0.1) is 0 Å². The average molecular weight is 288 g/mol. The molecular formula is C11H20N4O3S. The molecule has 1 aliphatic rings. The topological polar surface area (TPSA) is 88.3 Å². The smallest absolute Gasteiger partial charge is 0.228 e. The third-order valence-corrected chi connectivity index (χ3v) is 4.75. The fraction of sp³-hybridized carbons (Fsp3) is 0.818. The highest BCUT2D eigenvalue weighted by Gasteiger charge is 2.25. The molecule has 2 heterocycles. The van der Waals surface area contributed by atoms with Crippen molar-refractivity contribution in [1.29, 1.82) is 0 Å². The summed E-state index contributed by atoms with van der Waals surface area (Å²) in [5.41, 5.74) is 0. The Kier molecular flexibility index (Phi) is 4.54. The van der Waals surface area contributed by atoms with Crippen molar-refractivity contribution in [3.05, 3.63) is 11.7 Å². The van der Waals surface area contributed by atoms with Crippen molar-refractivity contribution < 1.29 is 12.9 Å². The highest BCUT2D eigenvalue weighted by atomic mass is 32.2. The van der Waals surface area contributed by atoms with Crippen LogP contribution in [-0.2, 0) is 22.7 Å². The number of rotatable bonds is 5.